The minimum absolute atomic E-state index is 0.415. The number of piperidine rings is 1. The fourth-order valence-electron chi connectivity index (χ4n) is 3.50. The van der Waals surface area contributed by atoms with Gasteiger partial charge in [-0.05, 0) is 50.0 Å². The SMILES string of the molecule is CC1CCCN(C2CC(C)(C)CCC2N)C1. The second-order valence-corrected chi connectivity index (χ2v) is 6.88. The molecule has 1 heterocycles. The molecule has 2 heteroatoms. The van der Waals surface area contributed by atoms with Crippen molar-refractivity contribution in [3.63, 3.8) is 0 Å². The van der Waals surface area contributed by atoms with Gasteiger partial charge in [0.05, 0.1) is 0 Å². The van der Waals surface area contributed by atoms with Gasteiger partial charge in [-0.2, -0.15) is 0 Å². The first-order valence-electron chi connectivity index (χ1n) is 6.97. The van der Waals surface area contributed by atoms with Crippen molar-refractivity contribution in [2.24, 2.45) is 17.1 Å². The van der Waals surface area contributed by atoms with Gasteiger partial charge in [-0.25, -0.2) is 0 Å². The fraction of sp³-hybridized carbons (Fsp3) is 1.00. The summed E-state index contributed by atoms with van der Waals surface area (Å²) in [6, 6.07) is 1.06. The van der Waals surface area contributed by atoms with Crippen LogP contribution in [-0.4, -0.2) is 30.1 Å². The van der Waals surface area contributed by atoms with Crippen molar-refractivity contribution in [2.75, 3.05) is 13.1 Å². The zero-order valence-electron chi connectivity index (χ0n) is 11.2. The number of hydrogen-bond acceptors (Lipinski definition) is 2. The zero-order valence-corrected chi connectivity index (χ0v) is 11.2. The van der Waals surface area contributed by atoms with Crippen molar-refractivity contribution in [1.82, 2.24) is 4.90 Å². The van der Waals surface area contributed by atoms with E-state index in [1.807, 2.05) is 0 Å². The zero-order chi connectivity index (χ0) is 11.8. The summed E-state index contributed by atoms with van der Waals surface area (Å²) in [6.45, 7) is 9.73. The van der Waals surface area contributed by atoms with Gasteiger partial charge in [0.1, 0.15) is 0 Å². The summed E-state index contributed by atoms with van der Waals surface area (Å²) in [5.74, 6) is 0.867. The van der Waals surface area contributed by atoms with Crippen LogP contribution in [0.4, 0.5) is 0 Å². The molecule has 2 fully saturated rings. The molecule has 1 saturated heterocycles. The number of nitrogens with two attached hydrogens (primary N) is 1. The van der Waals surface area contributed by atoms with Gasteiger partial charge in [-0.15, -0.1) is 0 Å². The van der Waals surface area contributed by atoms with Gasteiger partial charge < -0.3 is 5.73 Å². The Morgan fingerprint density at radius 1 is 1.25 bits per heavy atom. The van der Waals surface area contributed by atoms with E-state index in [-0.39, 0.29) is 0 Å². The second-order valence-electron chi connectivity index (χ2n) is 6.88. The molecule has 0 aromatic rings. The number of rotatable bonds is 1. The molecule has 0 aromatic carbocycles. The van der Waals surface area contributed by atoms with Crippen molar-refractivity contribution in [2.45, 2.75) is 65.0 Å². The van der Waals surface area contributed by atoms with Gasteiger partial charge in [0.2, 0.25) is 0 Å². The molecule has 1 saturated carbocycles. The summed E-state index contributed by atoms with van der Waals surface area (Å²) < 4.78 is 0. The van der Waals surface area contributed by atoms with Crippen LogP contribution in [0.25, 0.3) is 0 Å². The molecule has 2 rings (SSSR count). The number of hydrogen-bond donors (Lipinski definition) is 1. The summed E-state index contributed by atoms with van der Waals surface area (Å²) in [6.07, 6.45) is 6.57. The predicted octanol–water partition coefficient (Wildman–Crippen LogP) is 2.62. The standard InChI is InChI=1S/C14H28N2/c1-11-5-4-8-16(10-11)13-9-14(2,3)7-6-12(13)15/h11-13H,4-10,15H2,1-3H3. The maximum absolute atomic E-state index is 6.33. The molecule has 1 aliphatic heterocycles. The van der Waals surface area contributed by atoms with E-state index in [0.29, 0.717) is 17.5 Å². The maximum atomic E-state index is 6.33. The lowest BCUT2D eigenvalue weighted by Crippen LogP contribution is -2.55. The van der Waals surface area contributed by atoms with Crippen molar-refractivity contribution < 1.29 is 0 Å². The van der Waals surface area contributed by atoms with Crippen LogP contribution in [-0.2, 0) is 0 Å². The quantitative estimate of drug-likeness (QED) is 0.742. The second kappa shape index (κ2) is 4.66. The van der Waals surface area contributed by atoms with E-state index in [4.69, 9.17) is 5.73 Å². The average Bonchev–Trinajstić information content (AvgIpc) is 2.22. The Morgan fingerprint density at radius 2 is 2.00 bits per heavy atom. The molecule has 1 aliphatic carbocycles. The van der Waals surface area contributed by atoms with Gasteiger partial charge in [0.25, 0.3) is 0 Å². The first-order chi connectivity index (χ1) is 7.48. The van der Waals surface area contributed by atoms with Crippen LogP contribution in [0, 0.1) is 11.3 Å². The van der Waals surface area contributed by atoms with Gasteiger partial charge in [-0.3, -0.25) is 4.90 Å². The third kappa shape index (κ3) is 2.78. The first kappa shape index (κ1) is 12.4. The normalized spacial score (nSPS) is 40.9. The lowest BCUT2D eigenvalue weighted by atomic mass is 9.72. The van der Waals surface area contributed by atoms with Crippen LogP contribution in [0.1, 0.15) is 52.9 Å². The van der Waals surface area contributed by atoms with Gasteiger partial charge >= 0.3 is 0 Å². The molecule has 3 atom stereocenters. The predicted molar refractivity (Wildman–Crippen MR) is 69.4 cm³/mol. The minimum Gasteiger partial charge on any atom is -0.326 e. The van der Waals surface area contributed by atoms with E-state index in [2.05, 4.69) is 25.7 Å². The molecule has 0 amide bonds. The summed E-state index contributed by atoms with van der Waals surface area (Å²) >= 11 is 0. The molecule has 0 spiro atoms. The van der Waals surface area contributed by atoms with Crippen LogP contribution >= 0.6 is 0 Å². The van der Waals surface area contributed by atoms with E-state index in [1.165, 1.54) is 45.2 Å². The number of likely N-dealkylation sites (tertiary alicyclic amines) is 1. The highest BCUT2D eigenvalue weighted by Gasteiger charge is 2.37. The van der Waals surface area contributed by atoms with E-state index < -0.39 is 0 Å². The smallest absolute Gasteiger partial charge is 0.0252 e. The topological polar surface area (TPSA) is 29.3 Å². The lowest BCUT2D eigenvalue weighted by molar-refractivity contribution is 0.0494. The molecule has 2 nitrogen and oxygen atoms in total. The largest absolute Gasteiger partial charge is 0.326 e. The van der Waals surface area contributed by atoms with E-state index in [1.54, 1.807) is 0 Å². The van der Waals surface area contributed by atoms with Gasteiger partial charge in [-0.1, -0.05) is 20.8 Å². The summed E-state index contributed by atoms with van der Waals surface area (Å²) in [7, 11) is 0. The van der Waals surface area contributed by atoms with Crippen molar-refractivity contribution in [3.8, 4) is 0 Å². The molecular formula is C14H28N2. The minimum atomic E-state index is 0.415. The Hall–Kier alpha value is -0.0800. The maximum Gasteiger partial charge on any atom is 0.0252 e. The molecule has 3 unspecified atom stereocenters. The molecule has 0 bridgehead atoms. The van der Waals surface area contributed by atoms with E-state index in [0.717, 1.165) is 5.92 Å². The molecule has 0 aromatic heterocycles. The summed E-state index contributed by atoms with van der Waals surface area (Å²) in [4.78, 5) is 2.68. The Morgan fingerprint density at radius 3 is 2.69 bits per heavy atom. The summed E-state index contributed by atoms with van der Waals surface area (Å²) in [5, 5.41) is 0. The van der Waals surface area contributed by atoms with E-state index >= 15 is 0 Å². The average molecular weight is 224 g/mol. The summed E-state index contributed by atoms with van der Waals surface area (Å²) in [5.41, 5.74) is 6.84. The van der Waals surface area contributed by atoms with Crippen LogP contribution in [0.2, 0.25) is 0 Å². The highest BCUT2D eigenvalue weighted by molar-refractivity contribution is 4.94. The third-order valence-corrected chi connectivity index (χ3v) is 4.57. The molecular weight excluding hydrogens is 196 g/mol. The first-order valence-corrected chi connectivity index (χ1v) is 6.97. The van der Waals surface area contributed by atoms with Crippen LogP contribution in [0.5, 0.6) is 0 Å². The Bertz CT molecular complexity index is 237. The van der Waals surface area contributed by atoms with Crippen molar-refractivity contribution in [1.29, 1.82) is 0 Å². The molecule has 2 N–H and O–H groups in total. The van der Waals surface area contributed by atoms with Gasteiger partial charge in [0, 0.05) is 18.6 Å². The Labute approximate surface area is 101 Å². The highest BCUT2D eigenvalue weighted by Crippen LogP contribution is 2.37. The van der Waals surface area contributed by atoms with E-state index in [9.17, 15) is 0 Å². The van der Waals surface area contributed by atoms with Crippen LogP contribution in [0.15, 0.2) is 0 Å². The Kier molecular flexibility index (Phi) is 3.60. The van der Waals surface area contributed by atoms with Crippen LogP contribution < -0.4 is 5.73 Å². The fourth-order valence-corrected chi connectivity index (χ4v) is 3.50. The van der Waals surface area contributed by atoms with Crippen molar-refractivity contribution >= 4 is 0 Å². The lowest BCUT2D eigenvalue weighted by Gasteiger charge is -2.47. The van der Waals surface area contributed by atoms with Crippen molar-refractivity contribution in [3.05, 3.63) is 0 Å². The van der Waals surface area contributed by atoms with Gasteiger partial charge in [0.15, 0.2) is 0 Å². The monoisotopic (exact) mass is 224 g/mol. The Balaban J connectivity index is 2.00. The number of nitrogens with zero attached hydrogens (tertiary/aromatic N) is 1. The third-order valence-electron chi connectivity index (χ3n) is 4.57. The highest BCUT2D eigenvalue weighted by atomic mass is 15.2. The van der Waals surface area contributed by atoms with Crippen LogP contribution in [0.3, 0.4) is 0 Å². The molecule has 16 heavy (non-hydrogen) atoms. The molecule has 2 aliphatic rings. The molecule has 0 radical (unpaired) electrons. The molecule has 94 valence electrons.